The summed E-state index contributed by atoms with van der Waals surface area (Å²) in [4.78, 5) is 2.33. The van der Waals surface area contributed by atoms with Crippen molar-refractivity contribution >= 4 is 18.1 Å². The zero-order valence-corrected chi connectivity index (χ0v) is 8.10. The molecule has 2 heteroatoms. The van der Waals surface area contributed by atoms with Crippen molar-refractivity contribution in [2.75, 3.05) is 18.5 Å². The van der Waals surface area contributed by atoms with Crippen molar-refractivity contribution in [3.63, 3.8) is 0 Å². The van der Waals surface area contributed by atoms with Crippen molar-refractivity contribution in [3.8, 4) is 0 Å². The van der Waals surface area contributed by atoms with Gasteiger partial charge < -0.3 is 4.90 Å². The van der Waals surface area contributed by atoms with Gasteiger partial charge in [0.2, 0.25) is 0 Å². The predicted octanol–water partition coefficient (Wildman–Crippen LogP) is 2.49. The van der Waals surface area contributed by atoms with Crippen LogP contribution in [-0.2, 0) is 6.42 Å². The molecule has 66 valence electrons. The third-order valence-electron chi connectivity index (χ3n) is 2.34. The van der Waals surface area contributed by atoms with E-state index in [1.807, 2.05) is 0 Å². The third kappa shape index (κ3) is 1.56. The summed E-state index contributed by atoms with van der Waals surface area (Å²) < 4.78 is 0. The number of anilines is 1. The minimum atomic E-state index is 0. The SMILES string of the molecule is CN1CCCc2ccccc21.Cl. The average Bonchev–Trinajstić information content (AvgIpc) is 2.06. The van der Waals surface area contributed by atoms with E-state index in [0.29, 0.717) is 0 Å². The molecule has 0 amide bonds. The van der Waals surface area contributed by atoms with Crippen molar-refractivity contribution in [1.29, 1.82) is 0 Å². The summed E-state index contributed by atoms with van der Waals surface area (Å²) in [7, 11) is 2.16. The molecule has 0 unspecified atom stereocenters. The largest absolute Gasteiger partial charge is 0.374 e. The van der Waals surface area contributed by atoms with Crippen LogP contribution in [0, 0.1) is 0 Å². The molecule has 12 heavy (non-hydrogen) atoms. The van der Waals surface area contributed by atoms with Gasteiger partial charge in [0, 0.05) is 19.3 Å². The molecule has 0 saturated heterocycles. The Hall–Kier alpha value is -0.690. The van der Waals surface area contributed by atoms with E-state index < -0.39 is 0 Å². The van der Waals surface area contributed by atoms with Crippen molar-refractivity contribution in [3.05, 3.63) is 29.8 Å². The van der Waals surface area contributed by atoms with Crippen LogP contribution in [0.2, 0.25) is 0 Å². The fourth-order valence-corrected chi connectivity index (χ4v) is 1.72. The number of halogens is 1. The van der Waals surface area contributed by atoms with E-state index in [4.69, 9.17) is 0 Å². The number of rotatable bonds is 0. The summed E-state index contributed by atoms with van der Waals surface area (Å²) >= 11 is 0. The Labute approximate surface area is 79.8 Å². The van der Waals surface area contributed by atoms with E-state index in [0.717, 1.165) is 0 Å². The van der Waals surface area contributed by atoms with E-state index in [1.165, 1.54) is 30.6 Å². The zero-order valence-electron chi connectivity index (χ0n) is 7.29. The molecule has 1 aromatic rings. The van der Waals surface area contributed by atoms with Crippen LogP contribution in [0.5, 0.6) is 0 Å². The van der Waals surface area contributed by atoms with Crippen LogP contribution >= 0.6 is 12.4 Å². The molecule has 1 aromatic carbocycles. The standard InChI is InChI=1S/C10H13N.ClH/c1-11-8-4-6-9-5-2-3-7-10(9)11;/h2-3,5,7H,4,6,8H2,1H3;1H. The van der Waals surface area contributed by atoms with E-state index in [9.17, 15) is 0 Å². The number of hydrogen-bond acceptors (Lipinski definition) is 1. The van der Waals surface area contributed by atoms with Crippen LogP contribution in [0.4, 0.5) is 5.69 Å². The molecule has 0 spiro atoms. The molecule has 1 aliphatic heterocycles. The van der Waals surface area contributed by atoms with Crippen LogP contribution in [0.25, 0.3) is 0 Å². The molecule has 1 aliphatic rings. The molecule has 0 aromatic heterocycles. The molecule has 1 nitrogen and oxygen atoms in total. The second-order valence-corrected chi connectivity index (χ2v) is 3.15. The number of para-hydroxylation sites is 1. The van der Waals surface area contributed by atoms with Crippen LogP contribution in [0.1, 0.15) is 12.0 Å². The molecule has 0 aliphatic carbocycles. The topological polar surface area (TPSA) is 3.24 Å². The van der Waals surface area contributed by atoms with Gasteiger partial charge in [-0.3, -0.25) is 0 Å². The van der Waals surface area contributed by atoms with Gasteiger partial charge in [-0.2, -0.15) is 0 Å². The summed E-state index contributed by atoms with van der Waals surface area (Å²) in [6.45, 7) is 1.21. The molecule has 0 bridgehead atoms. The number of fused-ring (bicyclic) bond motifs is 1. The third-order valence-corrected chi connectivity index (χ3v) is 2.34. The van der Waals surface area contributed by atoms with Gasteiger partial charge in [0.25, 0.3) is 0 Å². The van der Waals surface area contributed by atoms with Gasteiger partial charge in [-0.05, 0) is 24.5 Å². The first-order valence-electron chi connectivity index (χ1n) is 4.17. The van der Waals surface area contributed by atoms with E-state index in [2.05, 4.69) is 36.2 Å². The number of hydrogen-bond donors (Lipinski definition) is 0. The van der Waals surface area contributed by atoms with Crippen LogP contribution in [-0.4, -0.2) is 13.6 Å². The fraction of sp³-hybridized carbons (Fsp3) is 0.400. The number of aryl methyl sites for hydroxylation is 1. The maximum absolute atomic E-state index is 2.33. The lowest BCUT2D eigenvalue weighted by molar-refractivity contribution is 0.744. The van der Waals surface area contributed by atoms with Crippen molar-refractivity contribution in [2.45, 2.75) is 12.8 Å². The number of benzene rings is 1. The second-order valence-electron chi connectivity index (χ2n) is 3.15. The highest BCUT2D eigenvalue weighted by Gasteiger charge is 2.11. The van der Waals surface area contributed by atoms with Crippen LogP contribution < -0.4 is 4.90 Å². The summed E-state index contributed by atoms with van der Waals surface area (Å²) in [6, 6.07) is 8.66. The van der Waals surface area contributed by atoms with E-state index >= 15 is 0 Å². The molecule has 0 saturated carbocycles. The Kier molecular flexibility index (Phi) is 2.99. The molecule has 0 atom stereocenters. The summed E-state index contributed by atoms with van der Waals surface area (Å²) in [6.07, 6.45) is 2.55. The second kappa shape index (κ2) is 3.81. The molecule has 0 N–H and O–H groups in total. The van der Waals surface area contributed by atoms with Crippen molar-refractivity contribution in [1.82, 2.24) is 0 Å². The highest BCUT2D eigenvalue weighted by molar-refractivity contribution is 5.85. The van der Waals surface area contributed by atoms with Gasteiger partial charge in [0.1, 0.15) is 0 Å². The molecular formula is C10H14ClN. The smallest absolute Gasteiger partial charge is 0.0396 e. The molecule has 0 fully saturated rings. The lowest BCUT2D eigenvalue weighted by Crippen LogP contribution is -2.24. The Balaban J connectivity index is 0.000000720. The maximum atomic E-state index is 2.33. The van der Waals surface area contributed by atoms with Crippen LogP contribution in [0.3, 0.4) is 0 Å². The van der Waals surface area contributed by atoms with Gasteiger partial charge in [-0.15, -0.1) is 12.4 Å². The monoisotopic (exact) mass is 183 g/mol. The molecule has 2 rings (SSSR count). The molecule has 0 radical (unpaired) electrons. The lowest BCUT2D eigenvalue weighted by Gasteiger charge is -2.26. The predicted molar refractivity (Wildman–Crippen MR) is 55.3 cm³/mol. The quantitative estimate of drug-likeness (QED) is 0.598. The van der Waals surface area contributed by atoms with Crippen molar-refractivity contribution < 1.29 is 0 Å². The first-order chi connectivity index (χ1) is 5.38. The Morgan fingerprint density at radius 3 is 2.75 bits per heavy atom. The van der Waals surface area contributed by atoms with E-state index in [-0.39, 0.29) is 12.4 Å². The average molecular weight is 184 g/mol. The summed E-state index contributed by atoms with van der Waals surface area (Å²) in [5, 5.41) is 0. The molecular weight excluding hydrogens is 170 g/mol. The van der Waals surface area contributed by atoms with Gasteiger partial charge in [-0.1, -0.05) is 18.2 Å². The first-order valence-corrected chi connectivity index (χ1v) is 4.17. The molecule has 1 heterocycles. The maximum Gasteiger partial charge on any atom is 0.0396 e. The first kappa shape index (κ1) is 9.40. The fourth-order valence-electron chi connectivity index (χ4n) is 1.72. The highest BCUT2D eigenvalue weighted by atomic mass is 35.5. The minimum Gasteiger partial charge on any atom is -0.374 e. The lowest BCUT2D eigenvalue weighted by atomic mass is 10.0. The Bertz CT molecular complexity index is 260. The Morgan fingerprint density at radius 2 is 2.00 bits per heavy atom. The van der Waals surface area contributed by atoms with E-state index in [1.54, 1.807) is 0 Å². The minimum absolute atomic E-state index is 0. The number of nitrogens with zero attached hydrogens (tertiary/aromatic N) is 1. The Morgan fingerprint density at radius 1 is 1.25 bits per heavy atom. The summed E-state index contributed by atoms with van der Waals surface area (Å²) in [5.41, 5.74) is 2.92. The van der Waals surface area contributed by atoms with Gasteiger partial charge in [0.15, 0.2) is 0 Å². The van der Waals surface area contributed by atoms with Crippen molar-refractivity contribution in [2.24, 2.45) is 0 Å². The normalized spacial score (nSPS) is 14.9. The van der Waals surface area contributed by atoms with Gasteiger partial charge in [-0.25, -0.2) is 0 Å². The zero-order chi connectivity index (χ0) is 7.68. The van der Waals surface area contributed by atoms with Gasteiger partial charge >= 0.3 is 0 Å². The van der Waals surface area contributed by atoms with Crippen LogP contribution in [0.15, 0.2) is 24.3 Å². The summed E-state index contributed by atoms with van der Waals surface area (Å²) in [5.74, 6) is 0. The van der Waals surface area contributed by atoms with Gasteiger partial charge in [0.05, 0.1) is 0 Å². The highest BCUT2D eigenvalue weighted by Crippen LogP contribution is 2.24.